The maximum atomic E-state index is 10.7. The van der Waals surface area contributed by atoms with Gasteiger partial charge in [0.2, 0.25) is 11.8 Å². The lowest BCUT2D eigenvalue weighted by Gasteiger charge is -2.19. The zero-order valence-corrected chi connectivity index (χ0v) is 12.0. The van der Waals surface area contributed by atoms with E-state index in [0.29, 0.717) is 37.1 Å². The highest BCUT2D eigenvalue weighted by atomic mass is 16.5. The van der Waals surface area contributed by atoms with Crippen molar-refractivity contribution in [2.45, 2.75) is 40.0 Å². The molecule has 0 radical (unpaired) electrons. The van der Waals surface area contributed by atoms with E-state index in [9.17, 15) is 4.79 Å². The van der Waals surface area contributed by atoms with Crippen LogP contribution in [0.15, 0.2) is 4.42 Å². The van der Waals surface area contributed by atoms with Crippen LogP contribution >= 0.6 is 0 Å². The molecule has 1 N–H and O–H groups in total. The van der Waals surface area contributed by atoms with Gasteiger partial charge in [-0.05, 0) is 11.3 Å². The molecular weight excluding hydrogens is 248 g/mol. The molecule has 1 heterocycles. The van der Waals surface area contributed by atoms with Gasteiger partial charge in [-0.25, -0.2) is 0 Å². The zero-order valence-electron chi connectivity index (χ0n) is 12.0. The molecule has 1 aromatic rings. The Labute approximate surface area is 113 Å². The molecule has 0 aliphatic heterocycles. The summed E-state index contributed by atoms with van der Waals surface area (Å²) in [7, 11) is 1.66. The molecule has 1 aromatic heterocycles. The quantitative estimate of drug-likeness (QED) is 0.777. The number of aromatic nitrogens is 2. The van der Waals surface area contributed by atoms with E-state index in [1.54, 1.807) is 7.11 Å². The van der Waals surface area contributed by atoms with Gasteiger partial charge in [0.05, 0.1) is 6.42 Å². The smallest absolute Gasteiger partial charge is 0.303 e. The number of carboxylic acids is 1. The average Bonchev–Trinajstić information content (AvgIpc) is 2.62. The lowest BCUT2D eigenvalue weighted by molar-refractivity contribution is -0.139. The summed E-state index contributed by atoms with van der Waals surface area (Å²) in [5.41, 5.74) is -0.395. The number of nitrogens with zero attached hydrogens (tertiary/aromatic N) is 2. The third kappa shape index (κ3) is 5.83. The number of ether oxygens (including phenoxy) is 1. The van der Waals surface area contributed by atoms with Crippen molar-refractivity contribution in [3.05, 3.63) is 11.8 Å². The van der Waals surface area contributed by atoms with Gasteiger partial charge in [-0.3, -0.25) is 4.79 Å². The first-order valence-corrected chi connectivity index (χ1v) is 6.34. The second kappa shape index (κ2) is 6.65. The summed E-state index contributed by atoms with van der Waals surface area (Å²) in [5.74, 6) is 0.556. The molecule has 1 atom stereocenters. The molecule has 0 bridgehead atoms. The van der Waals surface area contributed by atoms with Crippen molar-refractivity contribution in [1.29, 1.82) is 0 Å². The SMILES string of the molecule is COCC(C)Cc1nnc(CC(C)(C)CC(=O)O)o1. The Morgan fingerprint density at radius 2 is 2.05 bits per heavy atom. The number of hydrogen-bond acceptors (Lipinski definition) is 5. The van der Waals surface area contributed by atoms with E-state index in [1.807, 2.05) is 20.8 Å². The predicted molar refractivity (Wildman–Crippen MR) is 68.8 cm³/mol. The van der Waals surface area contributed by atoms with Crippen LogP contribution in [0.2, 0.25) is 0 Å². The summed E-state index contributed by atoms with van der Waals surface area (Å²) in [5, 5.41) is 16.8. The zero-order chi connectivity index (χ0) is 14.5. The molecule has 0 fully saturated rings. The molecule has 0 aliphatic carbocycles. The molecule has 0 amide bonds. The summed E-state index contributed by atoms with van der Waals surface area (Å²) in [6.07, 6.45) is 1.20. The van der Waals surface area contributed by atoms with Crippen LogP contribution in [0.25, 0.3) is 0 Å². The van der Waals surface area contributed by atoms with Crippen molar-refractivity contribution >= 4 is 5.97 Å². The maximum absolute atomic E-state index is 10.7. The fourth-order valence-electron chi connectivity index (χ4n) is 1.97. The van der Waals surface area contributed by atoms with Gasteiger partial charge in [0, 0.05) is 26.6 Å². The van der Waals surface area contributed by atoms with Gasteiger partial charge in [-0.15, -0.1) is 10.2 Å². The van der Waals surface area contributed by atoms with Crippen molar-refractivity contribution in [3.8, 4) is 0 Å². The van der Waals surface area contributed by atoms with Crippen molar-refractivity contribution < 1.29 is 19.1 Å². The molecule has 6 heteroatoms. The van der Waals surface area contributed by atoms with E-state index in [-0.39, 0.29) is 6.42 Å². The van der Waals surface area contributed by atoms with Crippen LogP contribution in [0.3, 0.4) is 0 Å². The second-order valence-electron chi connectivity index (χ2n) is 5.77. The Balaban J connectivity index is 2.57. The molecular formula is C13H22N2O4. The van der Waals surface area contributed by atoms with Crippen LogP contribution in [0.5, 0.6) is 0 Å². The fraction of sp³-hybridized carbons (Fsp3) is 0.769. The molecule has 0 saturated heterocycles. The van der Waals surface area contributed by atoms with Crippen LogP contribution < -0.4 is 0 Å². The van der Waals surface area contributed by atoms with E-state index in [4.69, 9.17) is 14.3 Å². The minimum absolute atomic E-state index is 0.0742. The maximum Gasteiger partial charge on any atom is 0.303 e. The summed E-state index contributed by atoms with van der Waals surface area (Å²) >= 11 is 0. The highest BCUT2D eigenvalue weighted by Crippen LogP contribution is 2.25. The normalized spacial score (nSPS) is 13.5. The monoisotopic (exact) mass is 270 g/mol. The molecule has 19 heavy (non-hydrogen) atoms. The highest BCUT2D eigenvalue weighted by molar-refractivity contribution is 5.67. The third-order valence-corrected chi connectivity index (χ3v) is 2.74. The van der Waals surface area contributed by atoms with Crippen LogP contribution in [0, 0.1) is 11.3 Å². The number of rotatable bonds is 8. The fourth-order valence-corrected chi connectivity index (χ4v) is 1.97. The molecule has 0 saturated carbocycles. The van der Waals surface area contributed by atoms with Gasteiger partial charge < -0.3 is 14.3 Å². The molecule has 6 nitrogen and oxygen atoms in total. The molecule has 0 aromatic carbocycles. The first kappa shape index (κ1) is 15.6. The average molecular weight is 270 g/mol. The third-order valence-electron chi connectivity index (χ3n) is 2.74. The summed E-state index contributed by atoms with van der Waals surface area (Å²) < 4.78 is 10.6. The largest absolute Gasteiger partial charge is 0.481 e. The summed E-state index contributed by atoms with van der Waals surface area (Å²) in [6.45, 7) is 6.43. The Bertz CT molecular complexity index is 415. The van der Waals surface area contributed by atoms with Crippen molar-refractivity contribution in [1.82, 2.24) is 10.2 Å². The Kier molecular flexibility index (Phi) is 5.47. The highest BCUT2D eigenvalue weighted by Gasteiger charge is 2.25. The first-order chi connectivity index (χ1) is 8.82. The number of aliphatic carboxylic acids is 1. The number of methoxy groups -OCH3 is 1. The lowest BCUT2D eigenvalue weighted by atomic mass is 9.86. The van der Waals surface area contributed by atoms with E-state index in [2.05, 4.69) is 10.2 Å². The van der Waals surface area contributed by atoms with Crippen LogP contribution in [-0.2, 0) is 22.4 Å². The summed E-state index contributed by atoms with van der Waals surface area (Å²) in [4.78, 5) is 10.7. The number of carboxylic acid groups (broad SMARTS) is 1. The van der Waals surface area contributed by atoms with E-state index < -0.39 is 11.4 Å². The van der Waals surface area contributed by atoms with Crippen LogP contribution in [0.1, 0.15) is 39.0 Å². The van der Waals surface area contributed by atoms with E-state index in [1.165, 1.54) is 0 Å². The van der Waals surface area contributed by atoms with Crippen molar-refractivity contribution in [2.24, 2.45) is 11.3 Å². The van der Waals surface area contributed by atoms with Gasteiger partial charge in [0.25, 0.3) is 0 Å². The first-order valence-electron chi connectivity index (χ1n) is 6.34. The minimum atomic E-state index is -0.821. The van der Waals surface area contributed by atoms with Gasteiger partial charge in [-0.1, -0.05) is 20.8 Å². The van der Waals surface area contributed by atoms with Gasteiger partial charge in [0.1, 0.15) is 0 Å². The van der Waals surface area contributed by atoms with Gasteiger partial charge in [0.15, 0.2) is 0 Å². The number of hydrogen-bond donors (Lipinski definition) is 1. The minimum Gasteiger partial charge on any atom is -0.481 e. The number of carbonyl (C=O) groups is 1. The molecule has 108 valence electrons. The standard InChI is InChI=1S/C13H22N2O4/c1-9(8-18-4)5-10-14-15-11(19-10)6-13(2,3)7-12(16)17/h9H,5-8H2,1-4H3,(H,16,17). The molecule has 1 unspecified atom stereocenters. The Morgan fingerprint density at radius 3 is 2.63 bits per heavy atom. The second-order valence-corrected chi connectivity index (χ2v) is 5.77. The lowest BCUT2D eigenvalue weighted by Crippen LogP contribution is -2.19. The molecule has 1 rings (SSSR count). The predicted octanol–water partition coefficient (Wildman–Crippen LogP) is 1.94. The van der Waals surface area contributed by atoms with Gasteiger partial charge in [-0.2, -0.15) is 0 Å². The van der Waals surface area contributed by atoms with Crippen LogP contribution in [-0.4, -0.2) is 35.0 Å². The topological polar surface area (TPSA) is 85.5 Å². The molecule has 0 aliphatic rings. The van der Waals surface area contributed by atoms with Crippen molar-refractivity contribution in [2.75, 3.05) is 13.7 Å². The van der Waals surface area contributed by atoms with E-state index >= 15 is 0 Å². The van der Waals surface area contributed by atoms with Gasteiger partial charge >= 0.3 is 5.97 Å². The van der Waals surface area contributed by atoms with Crippen molar-refractivity contribution in [3.63, 3.8) is 0 Å². The van der Waals surface area contributed by atoms with E-state index in [0.717, 1.165) is 0 Å². The van der Waals surface area contributed by atoms with Crippen LogP contribution in [0.4, 0.5) is 0 Å². The summed E-state index contributed by atoms with van der Waals surface area (Å²) in [6, 6.07) is 0. The Morgan fingerprint density at radius 1 is 1.42 bits per heavy atom. The molecule has 0 spiro atoms. The Hall–Kier alpha value is -1.43.